The van der Waals surface area contributed by atoms with Crippen LogP contribution in [0.3, 0.4) is 0 Å². The van der Waals surface area contributed by atoms with Crippen molar-refractivity contribution in [2.45, 2.75) is 11.4 Å². The summed E-state index contributed by atoms with van der Waals surface area (Å²) in [7, 11) is -2.31. The van der Waals surface area contributed by atoms with Gasteiger partial charge in [0.2, 0.25) is 10.0 Å². The number of para-hydroxylation sites is 1. The largest absolute Gasteiger partial charge is 0.490 e. The van der Waals surface area contributed by atoms with Crippen LogP contribution in [0.1, 0.15) is 26.3 Å². The molecule has 3 aromatic rings. The molecule has 0 aliphatic rings. The molecule has 178 valence electrons. The van der Waals surface area contributed by atoms with Crippen LogP contribution in [0.15, 0.2) is 83.8 Å². The second kappa shape index (κ2) is 11.9. The number of carbonyl (C=O) groups is 2. The molecule has 0 saturated carbocycles. The number of carbonyl (C=O) groups excluding carboxylic acids is 2. The third kappa shape index (κ3) is 6.88. The number of nitrogens with one attached hydrogen (secondary N) is 3. The van der Waals surface area contributed by atoms with Crippen molar-refractivity contribution >= 4 is 21.8 Å². The van der Waals surface area contributed by atoms with E-state index in [1.165, 1.54) is 31.4 Å². The lowest BCUT2D eigenvalue weighted by Gasteiger charge is -2.12. The second-order valence-electron chi connectivity index (χ2n) is 7.08. The number of sulfonamides is 1. The van der Waals surface area contributed by atoms with Crippen molar-refractivity contribution in [3.8, 4) is 5.75 Å². The monoisotopic (exact) mass is 483 g/mol. The van der Waals surface area contributed by atoms with Crippen molar-refractivity contribution in [2.75, 3.05) is 20.3 Å². The summed E-state index contributed by atoms with van der Waals surface area (Å²) in [4.78, 5) is 25.0. The van der Waals surface area contributed by atoms with Crippen LogP contribution in [0, 0.1) is 0 Å². The molecule has 0 bridgehead atoms. The van der Waals surface area contributed by atoms with Gasteiger partial charge in [0.1, 0.15) is 12.4 Å². The van der Waals surface area contributed by atoms with E-state index in [1.54, 1.807) is 36.4 Å². The van der Waals surface area contributed by atoms with Gasteiger partial charge in [0, 0.05) is 19.2 Å². The fraction of sp³-hybridized carbons (Fsp3) is 0.167. The molecule has 0 spiro atoms. The van der Waals surface area contributed by atoms with E-state index < -0.39 is 21.8 Å². The summed E-state index contributed by atoms with van der Waals surface area (Å²) >= 11 is 0. The van der Waals surface area contributed by atoms with Gasteiger partial charge in [0.15, 0.2) is 0 Å². The molecular weight excluding hydrogens is 458 g/mol. The highest BCUT2D eigenvalue weighted by molar-refractivity contribution is 7.89. The Bertz CT molecular complexity index is 1230. The lowest BCUT2D eigenvalue weighted by Crippen LogP contribution is -2.41. The maximum atomic E-state index is 12.6. The van der Waals surface area contributed by atoms with Gasteiger partial charge in [-0.1, -0.05) is 48.5 Å². The lowest BCUT2D eigenvalue weighted by molar-refractivity contribution is 0.0842. The molecule has 3 N–H and O–H groups in total. The van der Waals surface area contributed by atoms with Gasteiger partial charge in [0.05, 0.1) is 17.1 Å². The van der Waals surface area contributed by atoms with Gasteiger partial charge >= 0.3 is 0 Å². The average molecular weight is 484 g/mol. The first kappa shape index (κ1) is 24.9. The topological polar surface area (TPSA) is 123 Å². The number of rotatable bonds is 10. The molecule has 0 unspecified atom stereocenters. The Kier molecular flexibility index (Phi) is 8.74. The van der Waals surface area contributed by atoms with Gasteiger partial charge in [-0.25, -0.2) is 13.1 Å². The quantitative estimate of drug-likeness (QED) is 0.300. The molecule has 0 heterocycles. The molecule has 3 aromatic carbocycles. The van der Waals surface area contributed by atoms with Crippen LogP contribution in [-0.2, 0) is 21.3 Å². The number of hydrogen-bond acceptors (Lipinski definition) is 6. The van der Waals surface area contributed by atoms with Crippen molar-refractivity contribution in [3.63, 3.8) is 0 Å². The van der Waals surface area contributed by atoms with Crippen LogP contribution in [0.5, 0.6) is 5.75 Å². The molecular formula is C24H25N3O6S. The molecule has 3 rings (SSSR count). The molecule has 0 saturated heterocycles. The molecule has 0 fully saturated rings. The Labute approximate surface area is 198 Å². The van der Waals surface area contributed by atoms with Crippen LogP contribution in [0.4, 0.5) is 0 Å². The lowest BCUT2D eigenvalue weighted by atomic mass is 10.2. The van der Waals surface area contributed by atoms with Crippen LogP contribution in [-0.4, -0.2) is 40.6 Å². The van der Waals surface area contributed by atoms with E-state index in [4.69, 9.17) is 9.47 Å². The predicted octanol–water partition coefficient (Wildman–Crippen LogP) is 2.27. The zero-order valence-corrected chi connectivity index (χ0v) is 19.3. The molecule has 0 aliphatic heterocycles. The van der Waals surface area contributed by atoms with E-state index >= 15 is 0 Å². The molecule has 0 radical (unpaired) electrons. The van der Waals surface area contributed by atoms with Gasteiger partial charge in [-0.05, 0) is 35.9 Å². The number of ether oxygens (including phenoxy) is 2. The molecule has 2 amide bonds. The summed E-state index contributed by atoms with van der Waals surface area (Å²) in [5.74, 6) is -0.926. The van der Waals surface area contributed by atoms with E-state index in [1.807, 2.05) is 18.2 Å². The number of hydrogen-bond donors (Lipinski definition) is 3. The molecule has 9 nitrogen and oxygen atoms in total. The summed E-state index contributed by atoms with van der Waals surface area (Å²) < 4.78 is 38.2. The normalized spacial score (nSPS) is 11.0. The molecule has 0 aromatic heterocycles. The van der Waals surface area contributed by atoms with Gasteiger partial charge in [0.25, 0.3) is 11.8 Å². The standard InChI is InChI=1S/C24H25N3O6S/c1-32-14-15-33-22-13-6-5-12-21(22)24(29)27-26-23(28)19-10-7-11-20(16-19)34(30,31)25-17-18-8-3-2-4-9-18/h2-13,16,25H,14-15,17H2,1H3,(H,26,28)(H,27,29). The summed E-state index contributed by atoms with van der Waals surface area (Å²) in [6.07, 6.45) is 0. The fourth-order valence-electron chi connectivity index (χ4n) is 2.93. The summed E-state index contributed by atoms with van der Waals surface area (Å²) in [6.45, 7) is 0.723. The summed E-state index contributed by atoms with van der Waals surface area (Å²) in [5, 5.41) is 0. The first-order valence-electron chi connectivity index (χ1n) is 10.4. The Balaban J connectivity index is 1.63. The highest BCUT2D eigenvalue weighted by Gasteiger charge is 2.17. The van der Waals surface area contributed by atoms with Crippen molar-refractivity contribution in [1.82, 2.24) is 15.6 Å². The first-order valence-corrected chi connectivity index (χ1v) is 11.8. The zero-order valence-electron chi connectivity index (χ0n) is 18.5. The fourth-order valence-corrected chi connectivity index (χ4v) is 3.99. The Morgan fingerprint density at radius 2 is 1.53 bits per heavy atom. The highest BCUT2D eigenvalue weighted by atomic mass is 32.2. The van der Waals surface area contributed by atoms with Gasteiger partial charge < -0.3 is 9.47 Å². The first-order chi connectivity index (χ1) is 16.4. The minimum Gasteiger partial charge on any atom is -0.490 e. The van der Waals surface area contributed by atoms with Crippen LogP contribution >= 0.6 is 0 Å². The number of amides is 2. The third-order valence-electron chi connectivity index (χ3n) is 4.68. The van der Waals surface area contributed by atoms with Crippen LogP contribution in [0.25, 0.3) is 0 Å². The minimum atomic E-state index is -3.85. The number of hydrazine groups is 1. The van der Waals surface area contributed by atoms with Gasteiger partial charge in [-0.2, -0.15) is 0 Å². The average Bonchev–Trinajstić information content (AvgIpc) is 2.87. The Hall–Kier alpha value is -3.73. The number of methoxy groups -OCH3 is 1. The van der Waals surface area contributed by atoms with E-state index in [2.05, 4.69) is 15.6 Å². The molecule has 34 heavy (non-hydrogen) atoms. The van der Waals surface area contributed by atoms with E-state index in [-0.39, 0.29) is 29.2 Å². The smallest absolute Gasteiger partial charge is 0.273 e. The minimum absolute atomic E-state index is 0.0625. The summed E-state index contributed by atoms with van der Waals surface area (Å²) in [5.41, 5.74) is 5.70. The van der Waals surface area contributed by atoms with Crippen molar-refractivity contribution < 1.29 is 27.5 Å². The molecule has 0 aliphatic carbocycles. The molecule has 0 atom stereocenters. The van der Waals surface area contributed by atoms with E-state index in [0.717, 1.165) is 5.56 Å². The van der Waals surface area contributed by atoms with Gasteiger partial charge in [-0.3, -0.25) is 20.4 Å². The van der Waals surface area contributed by atoms with Crippen molar-refractivity contribution in [2.24, 2.45) is 0 Å². The summed E-state index contributed by atoms with van der Waals surface area (Å²) in [6, 6.07) is 21.1. The maximum Gasteiger partial charge on any atom is 0.273 e. The second-order valence-corrected chi connectivity index (χ2v) is 8.85. The van der Waals surface area contributed by atoms with E-state index in [9.17, 15) is 18.0 Å². The van der Waals surface area contributed by atoms with Crippen LogP contribution in [0.2, 0.25) is 0 Å². The van der Waals surface area contributed by atoms with Crippen LogP contribution < -0.4 is 20.3 Å². The predicted molar refractivity (Wildman–Crippen MR) is 126 cm³/mol. The number of benzene rings is 3. The molecule has 10 heteroatoms. The zero-order chi connectivity index (χ0) is 24.4. The van der Waals surface area contributed by atoms with Gasteiger partial charge in [-0.15, -0.1) is 0 Å². The third-order valence-corrected chi connectivity index (χ3v) is 6.08. The van der Waals surface area contributed by atoms with Crippen molar-refractivity contribution in [1.29, 1.82) is 0 Å². The Morgan fingerprint density at radius 1 is 0.824 bits per heavy atom. The SMILES string of the molecule is COCCOc1ccccc1C(=O)NNC(=O)c1cccc(S(=O)(=O)NCc2ccccc2)c1. The maximum absolute atomic E-state index is 12.6. The Morgan fingerprint density at radius 3 is 2.29 bits per heavy atom. The van der Waals surface area contributed by atoms with Crippen molar-refractivity contribution in [3.05, 3.63) is 95.6 Å². The highest BCUT2D eigenvalue weighted by Crippen LogP contribution is 2.17. The van der Waals surface area contributed by atoms with E-state index in [0.29, 0.717) is 12.4 Å².